The molecule has 1 saturated heterocycles. The molecule has 0 aromatic carbocycles. The van der Waals surface area contributed by atoms with Crippen molar-refractivity contribution in [1.82, 2.24) is 30.1 Å². The van der Waals surface area contributed by atoms with E-state index in [1.165, 1.54) is 12.7 Å². The molecule has 0 bridgehead atoms. The summed E-state index contributed by atoms with van der Waals surface area (Å²) in [5.74, 6) is 2.87. The first-order valence-electron chi connectivity index (χ1n) is 10.9. The first kappa shape index (κ1) is 19.3. The van der Waals surface area contributed by atoms with Crippen molar-refractivity contribution in [3.05, 3.63) is 24.7 Å². The monoisotopic (exact) mass is 412 g/mol. The zero-order valence-electron chi connectivity index (χ0n) is 17.3. The molecule has 2 saturated carbocycles. The SMILES string of the molecule is CC1(OC(=O)N2CCC(C3CC3CCOc3ccc(-n4cnnn4)cn3)CC2)CC1. The van der Waals surface area contributed by atoms with Crippen LogP contribution < -0.4 is 4.74 Å². The summed E-state index contributed by atoms with van der Waals surface area (Å²) in [6.07, 6.45) is 9.64. The molecule has 160 valence electrons. The van der Waals surface area contributed by atoms with Gasteiger partial charge in [0.05, 0.1) is 18.5 Å². The van der Waals surface area contributed by atoms with E-state index in [1.54, 1.807) is 10.9 Å². The molecule has 3 fully saturated rings. The summed E-state index contributed by atoms with van der Waals surface area (Å²) < 4.78 is 13.0. The number of pyridine rings is 1. The third-order valence-electron chi connectivity index (χ3n) is 6.74. The van der Waals surface area contributed by atoms with Gasteiger partial charge in [-0.25, -0.2) is 9.78 Å². The second-order valence-corrected chi connectivity index (χ2v) is 9.05. The predicted octanol–water partition coefficient (Wildman–Crippen LogP) is 2.86. The molecule has 1 aliphatic heterocycles. The largest absolute Gasteiger partial charge is 0.478 e. The van der Waals surface area contributed by atoms with E-state index in [9.17, 15) is 4.79 Å². The Morgan fingerprint density at radius 2 is 2.10 bits per heavy atom. The van der Waals surface area contributed by atoms with Crippen LogP contribution in [0.15, 0.2) is 24.7 Å². The number of tetrazole rings is 1. The first-order valence-corrected chi connectivity index (χ1v) is 10.9. The highest BCUT2D eigenvalue weighted by Gasteiger charge is 2.45. The van der Waals surface area contributed by atoms with Crippen molar-refractivity contribution in [1.29, 1.82) is 0 Å². The van der Waals surface area contributed by atoms with Crippen LogP contribution in [-0.4, -0.2) is 61.5 Å². The minimum Gasteiger partial charge on any atom is -0.478 e. The van der Waals surface area contributed by atoms with E-state index in [1.807, 2.05) is 24.0 Å². The second kappa shape index (κ2) is 7.85. The molecule has 2 aromatic rings. The minimum atomic E-state index is -0.182. The van der Waals surface area contributed by atoms with Crippen LogP contribution in [0, 0.1) is 17.8 Å². The van der Waals surface area contributed by atoms with Crippen LogP contribution in [0.2, 0.25) is 0 Å². The highest BCUT2D eigenvalue weighted by atomic mass is 16.6. The first-order chi connectivity index (χ1) is 14.6. The highest BCUT2D eigenvalue weighted by molar-refractivity contribution is 5.68. The van der Waals surface area contributed by atoms with Crippen molar-refractivity contribution >= 4 is 6.09 Å². The average Bonchev–Trinajstić information content (AvgIpc) is 3.63. The number of hydrogen-bond donors (Lipinski definition) is 0. The normalized spacial score (nSPS) is 25.0. The Labute approximate surface area is 175 Å². The Morgan fingerprint density at radius 3 is 2.77 bits per heavy atom. The number of likely N-dealkylation sites (tertiary alicyclic amines) is 1. The van der Waals surface area contributed by atoms with E-state index in [0.717, 1.165) is 68.6 Å². The molecule has 30 heavy (non-hydrogen) atoms. The van der Waals surface area contributed by atoms with Crippen LogP contribution in [-0.2, 0) is 4.74 Å². The van der Waals surface area contributed by atoms with Gasteiger partial charge in [-0.1, -0.05) is 0 Å². The molecule has 5 rings (SSSR count). The molecule has 9 nitrogen and oxygen atoms in total. The number of ether oxygens (including phenoxy) is 2. The smallest absolute Gasteiger partial charge is 0.410 e. The van der Waals surface area contributed by atoms with Gasteiger partial charge in [-0.05, 0) is 79.7 Å². The Balaban J connectivity index is 1.00. The van der Waals surface area contributed by atoms with Crippen LogP contribution in [0.1, 0.15) is 45.4 Å². The summed E-state index contributed by atoms with van der Waals surface area (Å²) in [7, 11) is 0. The zero-order valence-corrected chi connectivity index (χ0v) is 17.3. The van der Waals surface area contributed by atoms with Crippen molar-refractivity contribution in [3.63, 3.8) is 0 Å². The van der Waals surface area contributed by atoms with Gasteiger partial charge < -0.3 is 14.4 Å². The zero-order chi connectivity index (χ0) is 20.6. The van der Waals surface area contributed by atoms with Crippen LogP contribution in [0.25, 0.3) is 5.69 Å². The molecule has 9 heteroatoms. The third-order valence-corrected chi connectivity index (χ3v) is 6.74. The lowest BCUT2D eigenvalue weighted by atomic mass is 9.91. The summed E-state index contributed by atoms with van der Waals surface area (Å²) in [5, 5.41) is 11.1. The molecular formula is C21H28N6O3. The number of piperidine rings is 1. The van der Waals surface area contributed by atoms with Gasteiger partial charge in [-0.15, -0.1) is 5.10 Å². The van der Waals surface area contributed by atoms with Crippen molar-refractivity contribution in [3.8, 4) is 11.6 Å². The van der Waals surface area contributed by atoms with Crippen LogP contribution in [0.3, 0.4) is 0 Å². The van der Waals surface area contributed by atoms with Crippen LogP contribution in [0.4, 0.5) is 4.79 Å². The van der Waals surface area contributed by atoms with E-state index in [2.05, 4.69) is 20.5 Å². The lowest BCUT2D eigenvalue weighted by Crippen LogP contribution is -2.40. The van der Waals surface area contributed by atoms with E-state index in [-0.39, 0.29) is 11.7 Å². The van der Waals surface area contributed by atoms with Gasteiger partial charge in [0, 0.05) is 19.2 Å². The Morgan fingerprint density at radius 1 is 1.27 bits per heavy atom. The number of carbonyl (C=O) groups excluding carboxylic acids is 1. The Hall–Kier alpha value is -2.71. The molecule has 0 radical (unpaired) electrons. The molecular weight excluding hydrogens is 384 g/mol. The molecule has 2 aliphatic carbocycles. The lowest BCUT2D eigenvalue weighted by Gasteiger charge is -2.32. The van der Waals surface area contributed by atoms with E-state index >= 15 is 0 Å². The maximum atomic E-state index is 12.2. The van der Waals surface area contributed by atoms with Crippen molar-refractivity contribution < 1.29 is 14.3 Å². The maximum absolute atomic E-state index is 12.2. The highest BCUT2D eigenvalue weighted by Crippen LogP contribution is 2.50. The van der Waals surface area contributed by atoms with E-state index in [4.69, 9.17) is 9.47 Å². The van der Waals surface area contributed by atoms with Crippen molar-refractivity contribution in [2.75, 3.05) is 19.7 Å². The molecule has 0 N–H and O–H groups in total. The molecule has 2 aromatic heterocycles. The quantitative estimate of drug-likeness (QED) is 0.690. The number of amides is 1. The molecule has 2 atom stereocenters. The Kier molecular flexibility index (Phi) is 5.04. The molecule has 2 unspecified atom stereocenters. The number of carbonyl (C=O) groups is 1. The van der Waals surface area contributed by atoms with Crippen molar-refractivity contribution in [2.45, 2.75) is 51.0 Å². The van der Waals surface area contributed by atoms with Gasteiger partial charge in [0.1, 0.15) is 11.9 Å². The second-order valence-electron chi connectivity index (χ2n) is 9.05. The summed E-state index contributed by atoms with van der Waals surface area (Å²) in [6, 6.07) is 3.74. The number of nitrogens with zero attached hydrogens (tertiary/aromatic N) is 6. The van der Waals surface area contributed by atoms with Gasteiger partial charge in [-0.3, -0.25) is 0 Å². The summed E-state index contributed by atoms with van der Waals surface area (Å²) >= 11 is 0. The standard InChI is InChI=1S/C21H28N6O3/c1-21(7-8-21)30-20(28)26-9-4-15(5-10-26)18-12-16(18)6-11-29-19-3-2-17(13-22-19)27-14-23-24-25-27/h2-3,13-16,18H,4-12H2,1H3. The number of hydrogen-bond acceptors (Lipinski definition) is 7. The molecule has 0 spiro atoms. The molecule has 3 aliphatic rings. The van der Waals surface area contributed by atoms with Crippen LogP contribution in [0.5, 0.6) is 5.88 Å². The number of aromatic nitrogens is 5. The van der Waals surface area contributed by atoms with Gasteiger partial charge in [0.2, 0.25) is 5.88 Å². The minimum absolute atomic E-state index is 0.118. The fraction of sp³-hybridized carbons (Fsp3) is 0.667. The van der Waals surface area contributed by atoms with Gasteiger partial charge in [0.25, 0.3) is 0 Å². The summed E-state index contributed by atoms with van der Waals surface area (Å²) in [4.78, 5) is 18.5. The van der Waals surface area contributed by atoms with Gasteiger partial charge in [-0.2, -0.15) is 4.68 Å². The fourth-order valence-electron chi connectivity index (χ4n) is 4.43. The number of rotatable bonds is 7. The summed E-state index contributed by atoms with van der Waals surface area (Å²) in [6.45, 7) is 4.36. The van der Waals surface area contributed by atoms with Crippen molar-refractivity contribution in [2.24, 2.45) is 17.8 Å². The van der Waals surface area contributed by atoms with Crippen LogP contribution >= 0.6 is 0 Å². The van der Waals surface area contributed by atoms with Gasteiger partial charge >= 0.3 is 6.09 Å². The third kappa shape index (κ3) is 4.39. The average molecular weight is 412 g/mol. The van der Waals surface area contributed by atoms with Gasteiger partial charge in [0.15, 0.2) is 0 Å². The predicted molar refractivity (Wildman–Crippen MR) is 107 cm³/mol. The lowest BCUT2D eigenvalue weighted by molar-refractivity contribution is 0.0473. The maximum Gasteiger partial charge on any atom is 0.410 e. The Bertz CT molecular complexity index is 859. The molecule has 3 heterocycles. The fourth-order valence-corrected chi connectivity index (χ4v) is 4.43. The topological polar surface area (TPSA) is 95.3 Å². The van der Waals surface area contributed by atoms with E-state index in [0.29, 0.717) is 12.5 Å². The summed E-state index contributed by atoms with van der Waals surface area (Å²) in [5.41, 5.74) is 0.620. The molecule has 1 amide bonds. The van der Waals surface area contributed by atoms with E-state index < -0.39 is 0 Å².